The Bertz CT molecular complexity index is 2730. The molecule has 0 unspecified atom stereocenters. The van der Waals surface area contributed by atoms with E-state index in [1.165, 1.54) is 77.9 Å². The molecule has 0 atom stereocenters. The second-order valence-corrected chi connectivity index (χ2v) is 22.5. The Morgan fingerprint density at radius 1 is 0.306 bits per heavy atom. The molecule has 7 aromatic rings. The molecular formula is C61H67N. The molecule has 0 saturated carbocycles. The Balaban J connectivity index is 1.27. The summed E-state index contributed by atoms with van der Waals surface area (Å²) in [4.78, 5) is 2.45. The summed E-state index contributed by atoms with van der Waals surface area (Å²) < 4.78 is 0. The average Bonchev–Trinajstić information content (AvgIpc) is 3.45. The van der Waals surface area contributed by atoms with E-state index in [0.717, 1.165) is 17.1 Å². The summed E-state index contributed by atoms with van der Waals surface area (Å²) in [6.07, 6.45) is 0. The van der Waals surface area contributed by atoms with Gasteiger partial charge in [0.1, 0.15) is 0 Å². The van der Waals surface area contributed by atoms with Crippen molar-refractivity contribution < 1.29 is 0 Å². The molecule has 0 saturated heterocycles. The van der Waals surface area contributed by atoms with Crippen molar-refractivity contribution in [2.45, 2.75) is 124 Å². The van der Waals surface area contributed by atoms with Crippen LogP contribution >= 0.6 is 0 Å². The number of rotatable bonds is 6. The summed E-state index contributed by atoms with van der Waals surface area (Å²) in [5.41, 5.74) is 21.7. The van der Waals surface area contributed by atoms with E-state index in [1.807, 2.05) is 0 Å². The van der Waals surface area contributed by atoms with E-state index >= 15 is 0 Å². The summed E-state index contributed by atoms with van der Waals surface area (Å²) in [6, 6.07) is 57.9. The highest BCUT2D eigenvalue weighted by Crippen LogP contribution is 2.51. The first-order chi connectivity index (χ1) is 29.0. The molecular weight excluding hydrogens is 747 g/mol. The number of hydrogen-bond donors (Lipinski definition) is 0. The lowest BCUT2D eigenvalue weighted by molar-refractivity contribution is 0.569. The van der Waals surface area contributed by atoms with E-state index in [2.05, 4.69) is 253 Å². The monoisotopic (exact) mass is 814 g/mol. The van der Waals surface area contributed by atoms with E-state index in [0.29, 0.717) is 0 Å². The fourth-order valence-electron chi connectivity index (χ4n) is 9.12. The Kier molecular flexibility index (Phi) is 10.6. The smallest absolute Gasteiger partial charge is 0.0467 e. The van der Waals surface area contributed by atoms with Gasteiger partial charge in [0.05, 0.1) is 0 Å². The van der Waals surface area contributed by atoms with Crippen molar-refractivity contribution in [1.82, 2.24) is 0 Å². The molecule has 0 fully saturated rings. The van der Waals surface area contributed by atoms with Crippen LogP contribution < -0.4 is 4.90 Å². The second-order valence-electron chi connectivity index (χ2n) is 22.5. The van der Waals surface area contributed by atoms with Gasteiger partial charge in [0.25, 0.3) is 0 Å². The molecule has 0 bridgehead atoms. The highest BCUT2D eigenvalue weighted by Gasteiger charge is 2.36. The van der Waals surface area contributed by atoms with Crippen LogP contribution in [-0.2, 0) is 27.1 Å². The number of anilines is 3. The van der Waals surface area contributed by atoms with E-state index in [4.69, 9.17) is 0 Å². The van der Waals surface area contributed by atoms with Gasteiger partial charge in [-0.25, -0.2) is 0 Å². The number of hydrogen-bond acceptors (Lipinski definition) is 1. The Morgan fingerprint density at radius 3 is 1.32 bits per heavy atom. The van der Waals surface area contributed by atoms with Crippen LogP contribution in [0.2, 0.25) is 0 Å². The Labute approximate surface area is 373 Å². The summed E-state index contributed by atoms with van der Waals surface area (Å²) in [7, 11) is 0. The summed E-state index contributed by atoms with van der Waals surface area (Å²) in [5.74, 6) is 0. The maximum Gasteiger partial charge on any atom is 0.0467 e. The molecule has 0 spiro atoms. The molecule has 0 N–H and O–H groups in total. The van der Waals surface area contributed by atoms with Crippen molar-refractivity contribution in [2.24, 2.45) is 0 Å². The van der Waals surface area contributed by atoms with Crippen molar-refractivity contribution in [1.29, 1.82) is 0 Å². The van der Waals surface area contributed by atoms with Gasteiger partial charge in [0.15, 0.2) is 0 Å². The van der Waals surface area contributed by atoms with Crippen LogP contribution in [-0.4, -0.2) is 0 Å². The lowest BCUT2D eigenvalue weighted by Gasteiger charge is -2.29. The molecule has 1 nitrogen and oxygen atoms in total. The third kappa shape index (κ3) is 8.32. The molecule has 0 radical (unpaired) electrons. The lowest BCUT2D eigenvalue weighted by atomic mass is 9.78. The Hall–Kier alpha value is -5.66. The first-order valence-corrected chi connectivity index (χ1v) is 22.7. The predicted molar refractivity (Wildman–Crippen MR) is 270 cm³/mol. The summed E-state index contributed by atoms with van der Waals surface area (Å²) in [5, 5.41) is 0. The first-order valence-electron chi connectivity index (χ1n) is 22.7. The minimum absolute atomic E-state index is 0.0307. The molecule has 316 valence electrons. The van der Waals surface area contributed by atoms with Crippen molar-refractivity contribution >= 4 is 17.1 Å². The summed E-state index contributed by atoms with van der Waals surface area (Å²) >= 11 is 0. The van der Waals surface area contributed by atoms with Gasteiger partial charge in [-0.2, -0.15) is 0 Å². The molecule has 0 aliphatic heterocycles. The number of benzene rings is 7. The molecule has 1 aliphatic rings. The minimum atomic E-state index is -0.112. The number of fused-ring (bicyclic) bond motifs is 3. The van der Waals surface area contributed by atoms with Crippen molar-refractivity contribution in [3.05, 3.63) is 185 Å². The largest absolute Gasteiger partial charge is 0.310 e. The van der Waals surface area contributed by atoms with Crippen molar-refractivity contribution in [3.8, 4) is 44.5 Å². The van der Waals surface area contributed by atoms with Crippen LogP contribution in [0.3, 0.4) is 0 Å². The summed E-state index contributed by atoms with van der Waals surface area (Å²) in [6.45, 7) is 32.5. The van der Waals surface area contributed by atoms with Gasteiger partial charge >= 0.3 is 0 Å². The minimum Gasteiger partial charge on any atom is -0.310 e. The third-order valence-electron chi connectivity index (χ3n) is 13.3. The molecule has 0 aromatic heterocycles. The fourth-order valence-corrected chi connectivity index (χ4v) is 9.12. The standard InChI is InChI=1S/C61H67N/c1-57(2,3)46-26-22-40(23-27-46)41-24-28-50(29-25-41)62(52-30-31-54-53-20-15-16-21-55(53)61(13,14)56(54)39-52)51-19-17-18-42(37-51)43-32-44(34-47(33-43)58(4,5)6)45-35-48(59(7,8)9)38-49(36-45)60(10,11)12/h15-39H,1-14H3. The van der Waals surface area contributed by atoms with E-state index in [9.17, 15) is 0 Å². The second kappa shape index (κ2) is 15.3. The molecule has 1 heteroatoms. The molecule has 0 heterocycles. The maximum atomic E-state index is 2.45. The van der Waals surface area contributed by atoms with Gasteiger partial charge in [-0.1, -0.05) is 206 Å². The molecule has 7 aromatic carbocycles. The predicted octanol–water partition coefficient (Wildman–Crippen LogP) is 17.7. The van der Waals surface area contributed by atoms with Gasteiger partial charge in [0, 0.05) is 22.5 Å². The van der Waals surface area contributed by atoms with Crippen LogP contribution in [0.1, 0.15) is 130 Å². The lowest BCUT2D eigenvalue weighted by Crippen LogP contribution is -2.16. The van der Waals surface area contributed by atoms with Gasteiger partial charge in [-0.05, 0) is 142 Å². The van der Waals surface area contributed by atoms with Crippen LogP contribution in [0.25, 0.3) is 44.5 Å². The highest BCUT2D eigenvalue weighted by molar-refractivity contribution is 5.87. The molecule has 0 amide bonds. The maximum absolute atomic E-state index is 2.45. The zero-order valence-corrected chi connectivity index (χ0v) is 39.9. The Morgan fingerprint density at radius 2 is 0.758 bits per heavy atom. The van der Waals surface area contributed by atoms with Crippen LogP contribution in [0.4, 0.5) is 17.1 Å². The molecule has 1 aliphatic carbocycles. The van der Waals surface area contributed by atoms with Crippen molar-refractivity contribution in [2.75, 3.05) is 4.90 Å². The molecule has 62 heavy (non-hydrogen) atoms. The van der Waals surface area contributed by atoms with E-state index in [1.54, 1.807) is 0 Å². The zero-order valence-electron chi connectivity index (χ0n) is 39.9. The van der Waals surface area contributed by atoms with Crippen molar-refractivity contribution in [3.63, 3.8) is 0 Å². The van der Waals surface area contributed by atoms with Crippen LogP contribution in [0.15, 0.2) is 152 Å². The van der Waals surface area contributed by atoms with Crippen LogP contribution in [0, 0.1) is 0 Å². The fraction of sp³-hybridized carbons (Fsp3) is 0.311. The van der Waals surface area contributed by atoms with Gasteiger partial charge in [-0.15, -0.1) is 0 Å². The van der Waals surface area contributed by atoms with Gasteiger partial charge in [0.2, 0.25) is 0 Å². The topological polar surface area (TPSA) is 3.24 Å². The highest BCUT2D eigenvalue weighted by atomic mass is 15.1. The normalized spacial score (nSPS) is 13.8. The van der Waals surface area contributed by atoms with Gasteiger partial charge in [-0.3, -0.25) is 0 Å². The quantitative estimate of drug-likeness (QED) is 0.162. The van der Waals surface area contributed by atoms with E-state index in [-0.39, 0.29) is 27.1 Å². The third-order valence-corrected chi connectivity index (χ3v) is 13.3. The SMILES string of the molecule is CC(C)(C)c1ccc(-c2ccc(N(c3cccc(-c4cc(-c5cc(C(C)(C)C)cc(C(C)(C)C)c5)cc(C(C)(C)C)c4)c3)c3ccc4c(c3)C(C)(C)c3ccccc3-4)cc2)cc1. The van der Waals surface area contributed by atoms with E-state index < -0.39 is 0 Å². The average molecular weight is 814 g/mol. The van der Waals surface area contributed by atoms with Crippen LogP contribution in [0.5, 0.6) is 0 Å². The van der Waals surface area contributed by atoms with Gasteiger partial charge < -0.3 is 4.90 Å². The molecule has 8 rings (SSSR count). The zero-order chi connectivity index (χ0) is 44.6. The first kappa shape index (κ1) is 43.0. The number of nitrogens with zero attached hydrogens (tertiary/aromatic N) is 1.